The van der Waals surface area contributed by atoms with Crippen LogP contribution in [0.15, 0.2) is 10.9 Å². The van der Waals surface area contributed by atoms with Crippen molar-refractivity contribution in [3.63, 3.8) is 0 Å². The van der Waals surface area contributed by atoms with E-state index in [2.05, 4.69) is 5.10 Å². The maximum absolute atomic E-state index is 12.8. The molecule has 0 aromatic carbocycles. The third-order valence-electron chi connectivity index (χ3n) is 5.56. The monoisotopic (exact) mass is 380 g/mol. The molecule has 1 amide bonds. The Morgan fingerprint density at radius 2 is 1.88 bits per heavy atom. The predicted molar refractivity (Wildman–Crippen MR) is 95.3 cm³/mol. The van der Waals surface area contributed by atoms with Gasteiger partial charge in [-0.2, -0.15) is 9.40 Å². The van der Waals surface area contributed by atoms with Gasteiger partial charge in [-0.05, 0) is 44.6 Å². The van der Waals surface area contributed by atoms with Gasteiger partial charge in [-0.3, -0.25) is 9.59 Å². The number of aryl methyl sites for hydroxylation is 2. The van der Waals surface area contributed by atoms with Crippen molar-refractivity contribution < 1.29 is 13.2 Å². The summed E-state index contributed by atoms with van der Waals surface area (Å²) in [5.41, 5.74) is 1.65. The second-order valence-corrected chi connectivity index (χ2v) is 9.61. The van der Waals surface area contributed by atoms with E-state index in [1.807, 2.05) is 0 Å². The summed E-state index contributed by atoms with van der Waals surface area (Å²) in [5.74, 6) is -0.180. The molecule has 142 valence electrons. The quantitative estimate of drug-likeness (QED) is 0.729. The molecule has 2 heterocycles. The lowest BCUT2D eigenvalue weighted by atomic mass is 10.2. The number of amides is 1. The summed E-state index contributed by atoms with van der Waals surface area (Å²) in [6.45, 7) is 3.04. The Kier molecular flexibility index (Phi) is 4.38. The molecule has 1 saturated heterocycles. The molecule has 3 aliphatic rings. The standard InChI is InChI=1S/C17H24N4O4S/c1-12(21-16(22)11-13-3-2-4-15(13)18-21)17(23)19-7-9-20(10-8-19)26(24,25)14-5-6-14/h11-12,14H,2-10H2,1H3. The molecule has 4 rings (SSSR count). The van der Waals surface area contributed by atoms with Gasteiger partial charge in [0, 0.05) is 32.2 Å². The number of carbonyl (C=O) groups excluding carboxylic acids is 1. The summed E-state index contributed by atoms with van der Waals surface area (Å²) in [7, 11) is -3.20. The SMILES string of the molecule is CC(C(=O)N1CCN(S(=O)(=O)C2CC2)CC1)n1nc2c(cc1=O)CCC2. The number of hydrogen-bond donors (Lipinski definition) is 0. The van der Waals surface area contributed by atoms with Crippen LogP contribution in [-0.2, 0) is 27.7 Å². The Morgan fingerprint density at radius 3 is 2.54 bits per heavy atom. The largest absolute Gasteiger partial charge is 0.338 e. The number of aromatic nitrogens is 2. The second kappa shape index (κ2) is 6.45. The van der Waals surface area contributed by atoms with Gasteiger partial charge in [0.25, 0.3) is 5.56 Å². The third-order valence-corrected chi connectivity index (χ3v) is 7.96. The number of sulfonamides is 1. The van der Waals surface area contributed by atoms with Crippen molar-refractivity contribution in [2.45, 2.75) is 50.3 Å². The van der Waals surface area contributed by atoms with Crippen LogP contribution in [0.2, 0.25) is 0 Å². The van der Waals surface area contributed by atoms with Crippen LogP contribution in [-0.4, -0.2) is 64.7 Å². The van der Waals surface area contributed by atoms with Crippen LogP contribution in [0.3, 0.4) is 0 Å². The van der Waals surface area contributed by atoms with Gasteiger partial charge in [0.1, 0.15) is 6.04 Å². The van der Waals surface area contributed by atoms with Crippen LogP contribution < -0.4 is 5.56 Å². The van der Waals surface area contributed by atoms with Crippen LogP contribution in [0, 0.1) is 0 Å². The molecule has 0 N–H and O–H groups in total. The molecule has 1 aromatic heterocycles. The van der Waals surface area contributed by atoms with Crippen molar-refractivity contribution in [1.82, 2.24) is 19.0 Å². The van der Waals surface area contributed by atoms with Gasteiger partial charge in [-0.15, -0.1) is 0 Å². The van der Waals surface area contributed by atoms with E-state index in [-0.39, 0.29) is 16.7 Å². The first-order valence-electron chi connectivity index (χ1n) is 9.27. The van der Waals surface area contributed by atoms with Gasteiger partial charge >= 0.3 is 0 Å². The van der Waals surface area contributed by atoms with Crippen molar-refractivity contribution in [2.75, 3.05) is 26.2 Å². The zero-order valence-electron chi connectivity index (χ0n) is 14.9. The summed E-state index contributed by atoms with van der Waals surface area (Å²) in [6.07, 6.45) is 4.19. The molecule has 2 aliphatic carbocycles. The van der Waals surface area contributed by atoms with E-state index in [4.69, 9.17) is 0 Å². The van der Waals surface area contributed by atoms with Gasteiger partial charge in [-0.25, -0.2) is 13.1 Å². The van der Waals surface area contributed by atoms with Crippen LogP contribution in [0.4, 0.5) is 0 Å². The summed E-state index contributed by atoms with van der Waals surface area (Å²) >= 11 is 0. The lowest BCUT2D eigenvalue weighted by Crippen LogP contribution is -2.53. The molecule has 8 nitrogen and oxygen atoms in total. The maximum atomic E-state index is 12.8. The van der Waals surface area contributed by atoms with Crippen molar-refractivity contribution in [2.24, 2.45) is 0 Å². The third kappa shape index (κ3) is 3.07. The lowest BCUT2D eigenvalue weighted by molar-refractivity contribution is -0.135. The lowest BCUT2D eigenvalue weighted by Gasteiger charge is -2.35. The summed E-state index contributed by atoms with van der Waals surface area (Å²) in [5, 5.41) is 4.18. The summed E-state index contributed by atoms with van der Waals surface area (Å²) in [6, 6.07) is 0.916. The Morgan fingerprint density at radius 1 is 1.19 bits per heavy atom. The molecule has 0 radical (unpaired) electrons. The highest BCUT2D eigenvalue weighted by Crippen LogP contribution is 2.31. The van der Waals surface area contributed by atoms with Gasteiger partial charge in [-0.1, -0.05) is 0 Å². The number of rotatable bonds is 4. The van der Waals surface area contributed by atoms with E-state index < -0.39 is 16.1 Å². The topological polar surface area (TPSA) is 92.6 Å². The summed E-state index contributed by atoms with van der Waals surface area (Å²) < 4.78 is 27.4. The number of nitrogens with zero attached hydrogens (tertiary/aromatic N) is 4. The van der Waals surface area contributed by atoms with Crippen molar-refractivity contribution in [3.05, 3.63) is 27.7 Å². The van der Waals surface area contributed by atoms with E-state index in [0.29, 0.717) is 26.2 Å². The Hall–Kier alpha value is -1.74. The highest BCUT2D eigenvalue weighted by Gasteiger charge is 2.41. The van der Waals surface area contributed by atoms with Gasteiger partial charge in [0.05, 0.1) is 10.9 Å². The first-order chi connectivity index (χ1) is 12.4. The predicted octanol–water partition coefficient (Wildman–Crippen LogP) is -0.0706. The smallest absolute Gasteiger partial charge is 0.267 e. The average Bonchev–Trinajstić information content (AvgIpc) is 3.40. The highest BCUT2D eigenvalue weighted by molar-refractivity contribution is 7.90. The van der Waals surface area contributed by atoms with E-state index in [0.717, 1.165) is 43.4 Å². The van der Waals surface area contributed by atoms with E-state index in [1.54, 1.807) is 17.9 Å². The fourth-order valence-electron chi connectivity index (χ4n) is 3.80. The second-order valence-electron chi connectivity index (χ2n) is 7.40. The minimum absolute atomic E-state index is 0.180. The molecule has 26 heavy (non-hydrogen) atoms. The van der Waals surface area contributed by atoms with Crippen LogP contribution in [0.25, 0.3) is 0 Å². The molecule has 0 spiro atoms. The van der Waals surface area contributed by atoms with E-state index in [9.17, 15) is 18.0 Å². The number of hydrogen-bond acceptors (Lipinski definition) is 5. The fraction of sp³-hybridized carbons (Fsp3) is 0.706. The van der Waals surface area contributed by atoms with Gasteiger partial charge < -0.3 is 4.90 Å². The van der Waals surface area contributed by atoms with E-state index in [1.165, 1.54) is 8.99 Å². The van der Waals surface area contributed by atoms with Gasteiger partial charge in [0.15, 0.2) is 0 Å². The zero-order chi connectivity index (χ0) is 18.5. The number of carbonyl (C=O) groups is 1. The Bertz CT molecular complexity index is 883. The average molecular weight is 380 g/mol. The first-order valence-corrected chi connectivity index (χ1v) is 10.8. The number of piperazine rings is 1. The fourth-order valence-corrected chi connectivity index (χ4v) is 5.63. The Labute approximate surface area is 152 Å². The van der Waals surface area contributed by atoms with Crippen molar-refractivity contribution in [3.8, 4) is 0 Å². The normalized spacial score (nSPS) is 22.3. The molecule has 1 atom stereocenters. The molecule has 1 aliphatic heterocycles. The molecule has 0 bridgehead atoms. The minimum Gasteiger partial charge on any atom is -0.338 e. The molecule has 1 saturated carbocycles. The molecular formula is C17H24N4O4S. The minimum atomic E-state index is -3.20. The molecule has 9 heteroatoms. The Balaban J connectivity index is 1.44. The number of fused-ring (bicyclic) bond motifs is 1. The molecule has 1 unspecified atom stereocenters. The van der Waals surface area contributed by atoms with Crippen LogP contribution in [0.1, 0.15) is 43.5 Å². The van der Waals surface area contributed by atoms with Crippen LogP contribution >= 0.6 is 0 Å². The zero-order valence-corrected chi connectivity index (χ0v) is 15.7. The van der Waals surface area contributed by atoms with Crippen LogP contribution in [0.5, 0.6) is 0 Å². The molecule has 2 fully saturated rings. The maximum Gasteiger partial charge on any atom is 0.267 e. The first kappa shape index (κ1) is 17.7. The molecule has 1 aromatic rings. The highest BCUT2D eigenvalue weighted by atomic mass is 32.2. The summed E-state index contributed by atoms with van der Waals surface area (Å²) in [4.78, 5) is 26.8. The van der Waals surface area contributed by atoms with Crippen molar-refractivity contribution >= 4 is 15.9 Å². The van der Waals surface area contributed by atoms with Gasteiger partial charge in [0.2, 0.25) is 15.9 Å². The van der Waals surface area contributed by atoms with Crippen molar-refractivity contribution in [1.29, 1.82) is 0 Å². The van der Waals surface area contributed by atoms with E-state index >= 15 is 0 Å². The molecular weight excluding hydrogens is 356 g/mol.